The van der Waals surface area contributed by atoms with Crippen molar-refractivity contribution >= 4 is 35.4 Å². The predicted octanol–water partition coefficient (Wildman–Crippen LogP) is 4.47. The van der Waals surface area contributed by atoms with Gasteiger partial charge in [0.25, 0.3) is 11.6 Å². The molecule has 0 bridgehead atoms. The van der Waals surface area contributed by atoms with E-state index < -0.39 is 15.8 Å². The topological polar surface area (TPSA) is 130 Å². The van der Waals surface area contributed by atoms with Gasteiger partial charge in [-0.1, -0.05) is 0 Å². The minimum absolute atomic E-state index is 0.205. The lowest BCUT2D eigenvalue weighted by molar-refractivity contribution is -0.387. The third kappa shape index (κ3) is 5.55. The van der Waals surface area contributed by atoms with E-state index in [1.54, 1.807) is 24.8 Å². The number of nitro benzene ring substituents is 1. The van der Waals surface area contributed by atoms with Crippen molar-refractivity contribution in [3.63, 3.8) is 0 Å². The lowest BCUT2D eigenvalue weighted by atomic mass is 9.84. The smallest absolute Gasteiger partial charge is 0.407 e. The molecule has 10 nitrogen and oxygen atoms in total. The first-order valence-corrected chi connectivity index (χ1v) is 12.8. The van der Waals surface area contributed by atoms with Crippen LogP contribution in [-0.2, 0) is 9.53 Å². The van der Waals surface area contributed by atoms with E-state index in [0.717, 1.165) is 18.2 Å². The van der Waals surface area contributed by atoms with Crippen molar-refractivity contribution in [3.8, 4) is 0 Å². The summed E-state index contributed by atoms with van der Waals surface area (Å²) in [4.78, 5) is 52.5. The number of carboxylic acid groups (broad SMARTS) is 1. The Morgan fingerprint density at radius 1 is 1.31 bits per heavy atom. The number of amides is 2. The number of nitro groups is 1. The van der Waals surface area contributed by atoms with Crippen LogP contribution in [0.5, 0.6) is 0 Å². The Morgan fingerprint density at radius 3 is 2.51 bits per heavy atom. The van der Waals surface area contributed by atoms with Gasteiger partial charge < -0.3 is 19.6 Å². The van der Waals surface area contributed by atoms with Gasteiger partial charge in [-0.2, -0.15) is 0 Å². The van der Waals surface area contributed by atoms with Gasteiger partial charge in [-0.25, -0.2) is 4.79 Å². The average molecular weight is 508 g/mol. The molecule has 0 unspecified atom stereocenters. The number of ether oxygens (including phenoxy) is 1. The molecule has 3 rings (SSSR count). The number of hydrogen-bond acceptors (Lipinski definition) is 7. The summed E-state index contributed by atoms with van der Waals surface area (Å²) in [6.45, 7) is 8.02. The molecule has 1 aromatic rings. The van der Waals surface area contributed by atoms with E-state index in [2.05, 4.69) is 0 Å². The monoisotopic (exact) mass is 507 g/mol. The van der Waals surface area contributed by atoms with Crippen LogP contribution in [0.4, 0.5) is 10.5 Å². The molecule has 1 aromatic carbocycles. The third-order valence-corrected chi connectivity index (χ3v) is 8.21. The highest BCUT2D eigenvalue weighted by molar-refractivity contribution is 8.01. The lowest BCUT2D eigenvalue weighted by Crippen LogP contribution is -2.53. The molecular formula is C24H33N3O7S. The normalized spacial score (nSPS) is 19.1. The highest BCUT2D eigenvalue weighted by atomic mass is 32.2. The Morgan fingerprint density at radius 2 is 2.00 bits per heavy atom. The van der Waals surface area contributed by atoms with Gasteiger partial charge in [0.2, 0.25) is 0 Å². The standard InChI is InChI=1S/C24H33N3O7S/c1-5-34-22(29)24(9-7-10-24)35-20-12-16(4)18(13-19(20)27(32)33)21(28)26(15(2)3)17-8-6-11-25(14-17)23(30)31/h12-13,15,17H,5-11,14H2,1-4H3,(H,30,31)/t17-/m1/s1. The van der Waals surface area contributed by atoms with E-state index in [4.69, 9.17) is 4.74 Å². The zero-order valence-electron chi connectivity index (χ0n) is 20.6. The predicted molar refractivity (Wildman–Crippen MR) is 131 cm³/mol. The summed E-state index contributed by atoms with van der Waals surface area (Å²) in [5.74, 6) is -0.729. The van der Waals surface area contributed by atoms with Crippen LogP contribution in [0.3, 0.4) is 0 Å². The average Bonchev–Trinajstić information content (AvgIpc) is 2.76. The van der Waals surface area contributed by atoms with Crippen LogP contribution in [0.25, 0.3) is 0 Å². The van der Waals surface area contributed by atoms with Crippen molar-refractivity contribution in [1.82, 2.24) is 9.80 Å². The van der Waals surface area contributed by atoms with Crippen molar-refractivity contribution < 1.29 is 29.2 Å². The number of rotatable bonds is 8. The number of carbonyl (C=O) groups excluding carboxylic acids is 2. The molecule has 0 spiro atoms. The van der Waals surface area contributed by atoms with Crippen LogP contribution >= 0.6 is 11.8 Å². The molecule has 0 radical (unpaired) electrons. The van der Waals surface area contributed by atoms with Crippen molar-refractivity contribution in [2.45, 2.75) is 81.5 Å². The molecule has 2 aliphatic rings. The molecular weight excluding hydrogens is 474 g/mol. The van der Waals surface area contributed by atoms with Crippen LogP contribution in [0.1, 0.15) is 68.8 Å². The minimum Gasteiger partial charge on any atom is -0.465 e. The first-order chi connectivity index (χ1) is 16.5. The highest BCUT2D eigenvalue weighted by Gasteiger charge is 2.48. The zero-order valence-corrected chi connectivity index (χ0v) is 21.4. The molecule has 1 atom stereocenters. The van der Waals surface area contributed by atoms with Crippen LogP contribution in [0.2, 0.25) is 0 Å². The van der Waals surface area contributed by atoms with Gasteiger partial charge >= 0.3 is 12.1 Å². The summed E-state index contributed by atoms with van der Waals surface area (Å²) in [5.41, 5.74) is 0.554. The quantitative estimate of drug-likeness (QED) is 0.310. The van der Waals surface area contributed by atoms with Crippen molar-refractivity contribution in [2.75, 3.05) is 19.7 Å². The van der Waals surface area contributed by atoms with Gasteiger partial charge in [0.15, 0.2) is 0 Å². The number of thioether (sulfide) groups is 1. The summed E-state index contributed by atoms with van der Waals surface area (Å²) in [6.07, 6.45) is 2.27. The largest absolute Gasteiger partial charge is 0.465 e. The van der Waals surface area contributed by atoms with Gasteiger partial charge in [-0.05, 0) is 71.4 Å². The van der Waals surface area contributed by atoms with E-state index >= 15 is 0 Å². The number of aryl methyl sites for hydroxylation is 1. The lowest BCUT2D eigenvalue weighted by Gasteiger charge is -2.41. The summed E-state index contributed by atoms with van der Waals surface area (Å²) >= 11 is 1.15. The Hall–Kier alpha value is -2.82. The summed E-state index contributed by atoms with van der Waals surface area (Å²) in [5, 5.41) is 21.4. The van der Waals surface area contributed by atoms with Crippen molar-refractivity contribution in [3.05, 3.63) is 33.4 Å². The Balaban J connectivity index is 1.95. The second-order valence-electron chi connectivity index (χ2n) is 9.39. The van der Waals surface area contributed by atoms with E-state index in [0.29, 0.717) is 42.7 Å². The SMILES string of the molecule is CCOC(=O)C1(Sc2cc(C)c(C(=O)N(C(C)C)[C@@H]3CCCN(C(=O)O)C3)cc2[N+](=O)[O-])CCC1. The Labute approximate surface area is 209 Å². The number of likely N-dealkylation sites (tertiary alicyclic amines) is 1. The van der Waals surface area contributed by atoms with Crippen molar-refractivity contribution in [2.24, 2.45) is 0 Å². The van der Waals surface area contributed by atoms with Gasteiger partial charge in [0, 0.05) is 30.8 Å². The fourth-order valence-corrected chi connectivity index (χ4v) is 6.29. The Kier molecular flexibility index (Phi) is 8.30. The maximum Gasteiger partial charge on any atom is 0.407 e. The molecule has 1 saturated carbocycles. The molecule has 192 valence electrons. The minimum atomic E-state index is -1.02. The van der Waals surface area contributed by atoms with Gasteiger partial charge in [-0.15, -0.1) is 11.8 Å². The molecule has 2 fully saturated rings. The fourth-order valence-electron chi connectivity index (χ4n) is 4.76. The molecule has 11 heteroatoms. The van der Waals surface area contributed by atoms with Crippen molar-refractivity contribution in [1.29, 1.82) is 0 Å². The molecule has 2 amide bonds. The van der Waals surface area contributed by atoms with Gasteiger partial charge in [0.1, 0.15) is 4.75 Å². The zero-order chi connectivity index (χ0) is 25.9. The first kappa shape index (κ1) is 26.8. The van der Waals surface area contributed by atoms with E-state index in [-0.39, 0.29) is 48.4 Å². The summed E-state index contributed by atoms with van der Waals surface area (Å²) < 4.78 is 4.39. The number of benzene rings is 1. The molecule has 1 saturated heterocycles. The fraction of sp³-hybridized carbons (Fsp3) is 0.625. The van der Waals surface area contributed by atoms with Crippen LogP contribution in [-0.4, -0.2) is 74.3 Å². The Bertz CT molecular complexity index is 1010. The maximum atomic E-state index is 13.7. The second kappa shape index (κ2) is 10.8. The van der Waals surface area contributed by atoms with Crippen LogP contribution in [0, 0.1) is 17.0 Å². The molecule has 1 heterocycles. The summed E-state index contributed by atoms with van der Waals surface area (Å²) in [6, 6.07) is 2.36. The molecule has 1 aliphatic heterocycles. The number of nitrogens with zero attached hydrogens (tertiary/aromatic N) is 3. The number of piperidine rings is 1. The van der Waals surface area contributed by atoms with Crippen LogP contribution in [0.15, 0.2) is 17.0 Å². The number of carbonyl (C=O) groups is 3. The first-order valence-electron chi connectivity index (χ1n) is 12.0. The second-order valence-corrected chi connectivity index (χ2v) is 10.8. The highest BCUT2D eigenvalue weighted by Crippen LogP contribution is 2.51. The van der Waals surface area contributed by atoms with Crippen LogP contribution < -0.4 is 0 Å². The summed E-state index contributed by atoms with van der Waals surface area (Å²) in [7, 11) is 0. The number of hydrogen-bond donors (Lipinski definition) is 1. The van der Waals surface area contributed by atoms with E-state index in [1.165, 1.54) is 11.0 Å². The third-order valence-electron chi connectivity index (χ3n) is 6.70. The van der Waals surface area contributed by atoms with E-state index in [1.807, 2.05) is 13.8 Å². The molecule has 35 heavy (non-hydrogen) atoms. The number of esters is 1. The maximum absolute atomic E-state index is 13.7. The van der Waals surface area contributed by atoms with Gasteiger partial charge in [-0.3, -0.25) is 19.7 Å². The molecule has 1 N–H and O–H groups in total. The van der Waals surface area contributed by atoms with E-state index in [9.17, 15) is 29.6 Å². The van der Waals surface area contributed by atoms with Gasteiger partial charge in [0.05, 0.1) is 22.5 Å². The molecule has 1 aliphatic carbocycles. The molecule has 0 aromatic heterocycles.